The summed E-state index contributed by atoms with van der Waals surface area (Å²) < 4.78 is 11.4. The van der Waals surface area contributed by atoms with Crippen LogP contribution in [-0.4, -0.2) is 28.8 Å². The average Bonchev–Trinajstić information content (AvgIpc) is 3.53. The molecule has 1 fully saturated rings. The number of hydrogen-bond acceptors (Lipinski definition) is 4. The highest BCUT2D eigenvalue weighted by molar-refractivity contribution is 5.55. The zero-order valence-corrected chi connectivity index (χ0v) is 18.8. The molecule has 4 nitrogen and oxygen atoms in total. The molecule has 164 valence electrons. The molecule has 0 aliphatic carbocycles. The van der Waals surface area contributed by atoms with Gasteiger partial charge in [-0.3, -0.25) is 0 Å². The highest BCUT2D eigenvalue weighted by Gasteiger charge is 2.38. The van der Waals surface area contributed by atoms with Gasteiger partial charge in [0.15, 0.2) is 5.82 Å². The van der Waals surface area contributed by atoms with E-state index in [2.05, 4.69) is 23.8 Å². The normalized spacial score (nSPS) is 17.8. The lowest BCUT2D eigenvalue weighted by molar-refractivity contribution is 0.259. The van der Waals surface area contributed by atoms with Crippen molar-refractivity contribution >= 4 is 0 Å². The van der Waals surface area contributed by atoms with Crippen LogP contribution in [0.5, 0.6) is 5.75 Å². The van der Waals surface area contributed by atoms with Gasteiger partial charge >= 0.3 is 0 Å². The molecule has 1 aliphatic rings. The van der Waals surface area contributed by atoms with Crippen LogP contribution in [0, 0.1) is 0 Å². The highest BCUT2D eigenvalue weighted by Crippen LogP contribution is 2.27. The Labute approximate surface area is 182 Å². The van der Waals surface area contributed by atoms with Crippen molar-refractivity contribution in [2.75, 3.05) is 6.61 Å². The summed E-state index contributed by atoms with van der Waals surface area (Å²) in [7, 11) is 0. The number of unbranched alkanes of at least 4 members (excludes halogenated alkanes) is 7. The van der Waals surface area contributed by atoms with Crippen molar-refractivity contribution in [2.45, 2.75) is 96.7 Å². The minimum Gasteiger partial charge on any atom is -0.491 e. The Morgan fingerprint density at radius 1 is 0.800 bits per heavy atom. The summed E-state index contributed by atoms with van der Waals surface area (Å²) in [4.78, 5) is 9.14. The molecule has 2 atom stereocenters. The lowest BCUT2D eigenvalue weighted by atomic mass is 10.1. The molecule has 4 heteroatoms. The summed E-state index contributed by atoms with van der Waals surface area (Å²) in [6.45, 7) is 5.09. The molecule has 0 saturated carbocycles. The first kappa shape index (κ1) is 22.7. The lowest BCUT2D eigenvalue weighted by Crippen LogP contribution is -2.07. The van der Waals surface area contributed by atoms with E-state index < -0.39 is 0 Å². The van der Waals surface area contributed by atoms with Crippen LogP contribution in [-0.2, 0) is 11.2 Å². The minimum atomic E-state index is 0.265. The van der Waals surface area contributed by atoms with Crippen LogP contribution in [0.25, 0.3) is 11.4 Å². The molecule has 1 aliphatic heterocycles. The second kappa shape index (κ2) is 12.7. The van der Waals surface area contributed by atoms with Crippen molar-refractivity contribution in [1.29, 1.82) is 0 Å². The van der Waals surface area contributed by atoms with Crippen molar-refractivity contribution in [3.05, 3.63) is 42.2 Å². The molecule has 2 unspecified atom stereocenters. The standard InChI is InChI=1S/C26H38N2O2/c1-3-5-6-7-8-9-10-11-13-21-18-27-26(28-19-21)22-14-16-23(17-15-22)29-20-25-24(30-25)12-4-2/h14-19,24-25H,3-13,20H2,1-2H3. The first-order valence-electron chi connectivity index (χ1n) is 12.0. The molecular weight excluding hydrogens is 372 g/mol. The maximum absolute atomic E-state index is 5.84. The van der Waals surface area contributed by atoms with Gasteiger partial charge in [0.25, 0.3) is 0 Å². The van der Waals surface area contributed by atoms with Crippen LogP contribution in [0.15, 0.2) is 36.7 Å². The average molecular weight is 411 g/mol. The molecule has 0 radical (unpaired) electrons. The van der Waals surface area contributed by atoms with Crippen LogP contribution in [0.1, 0.15) is 83.6 Å². The minimum absolute atomic E-state index is 0.265. The van der Waals surface area contributed by atoms with Crippen LogP contribution < -0.4 is 4.74 Å². The third-order valence-corrected chi connectivity index (χ3v) is 5.81. The van der Waals surface area contributed by atoms with Crippen molar-refractivity contribution < 1.29 is 9.47 Å². The largest absolute Gasteiger partial charge is 0.491 e. The van der Waals surface area contributed by atoms with E-state index in [0.717, 1.165) is 36.4 Å². The van der Waals surface area contributed by atoms with E-state index in [1.807, 2.05) is 36.7 Å². The molecule has 0 amide bonds. The summed E-state index contributed by atoms with van der Waals surface area (Å²) >= 11 is 0. The Morgan fingerprint density at radius 3 is 2.13 bits per heavy atom. The maximum atomic E-state index is 5.84. The van der Waals surface area contributed by atoms with Gasteiger partial charge in [0.2, 0.25) is 0 Å². The fraction of sp³-hybridized carbons (Fsp3) is 0.615. The zero-order chi connectivity index (χ0) is 21.0. The Kier molecular flexibility index (Phi) is 9.62. The van der Waals surface area contributed by atoms with Gasteiger partial charge < -0.3 is 9.47 Å². The Bertz CT molecular complexity index is 715. The third kappa shape index (κ3) is 7.71. The number of benzene rings is 1. The second-order valence-corrected chi connectivity index (χ2v) is 8.48. The molecule has 2 heterocycles. The Hall–Kier alpha value is -1.94. The van der Waals surface area contributed by atoms with Gasteiger partial charge in [0, 0.05) is 18.0 Å². The topological polar surface area (TPSA) is 47.5 Å². The first-order valence-corrected chi connectivity index (χ1v) is 12.0. The number of hydrogen-bond donors (Lipinski definition) is 0. The lowest BCUT2D eigenvalue weighted by Gasteiger charge is -2.06. The smallest absolute Gasteiger partial charge is 0.159 e. The number of ether oxygens (including phenoxy) is 2. The molecule has 0 N–H and O–H groups in total. The molecule has 2 aromatic rings. The summed E-state index contributed by atoms with van der Waals surface area (Å²) in [5, 5.41) is 0. The SMILES string of the molecule is CCCCCCCCCCc1cnc(-c2ccc(OCC3OC3CCC)cc2)nc1. The van der Waals surface area contributed by atoms with E-state index in [4.69, 9.17) is 9.47 Å². The van der Waals surface area contributed by atoms with Gasteiger partial charge in [0.05, 0.1) is 6.10 Å². The number of rotatable bonds is 15. The first-order chi connectivity index (χ1) is 14.8. The van der Waals surface area contributed by atoms with Gasteiger partial charge in [-0.05, 0) is 49.1 Å². The maximum Gasteiger partial charge on any atom is 0.159 e. The quantitative estimate of drug-likeness (QED) is 0.240. The van der Waals surface area contributed by atoms with Crippen LogP contribution in [0.4, 0.5) is 0 Å². The fourth-order valence-corrected chi connectivity index (χ4v) is 3.84. The van der Waals surface area contributed by atoms with Gasteiger partial charge in [-0.25, -0.2) is 9.97 Å². The summed E-state index contributed by atoms with van der Waals surface area (Å²) in [5.74, 6) is 1.64. The molecule has 30 heavy (non-hydrogen) atoms. The van der Waals surface area contributed by atoms with E-state index in [1.165, 1.54) is 56.9 Å². The van der Waals surface area contributed by atoms with Gasteiger partial charge in [-0.15, -0.1) is 0 Å². The van der Waals surface area contributed by atoms with Crippen molar-refractivity contribution in [1.82, 2.24) is 9.97 Å². The number of aromatic nitrogens is 2. The van der Waals surface area contributed by atoms with Crippen molar-refractivity contribution in [3.63, 3.8) is 0 Å². The second-order valence-electron chi connectivity index (χ2n) is 8.48. The van der Waals surface area contributed by atoms with Gasteiger partial charge in [0.1, 0.15) is 18.5 Å². The summed E-state index contributed by atoms with van der Waals surface area (Å²) in [5.41, 5.74) is 2.25. The molecule has 0 bridgehead atoms. The van der Waals surface area contributed by atoms with Crippen molar-refractivity contribution in [3.8, 4) is 17.1 Å². The van der Waals surface area contributed by atoms with Gasteiger partial charge in [-0.2, -0.15) is 0 Å². The monoisotopic (exact) mass is 410 g/mol. The van der Waals surface area contributed by atoms with E-state index >= 15 is 0 Å². The van der Waals surface area contributed by atoms with Crippen molar-refractivity contribution in [2.24, 2.45) is 0 Å². The summed E-state index contributed by atoms with van der Waals surface area (Å²) in [6, 6.07) is 8.04. The van der Waals surface area contributed by atoms with E-state index in [-0.39, 0.29) is 6.10 Å². The number of aryl methyl sites for hydroxylation is 1. The Balaban J connectivity index is 1.35. The zero-order valence-electron chi connectivity index (χ0n) is 18.8. The summed E-state index contributed by atoms with van der Waals surface area (Å²) in [6.07, 6.45) is 18.7. The fourth-order valence-electron chi connectivity index (χ4n) is 3.84. The molecule has 1 saturated heterocycles. The molecule has 1 aromatic heterocycles. The highest BCUT2D eigenvalue weighted by atomic mass is 16.6. The van der Waals surface area contributed by atoms with Crippen LogP contribution >= 0.6 is 0 Å². The van der Waals surface area contributed by atoms with Gasteiger partial charge in [-0.1, -0.05) is 65.2 Å². The number of nitrogens with zero attached hydrogens (tertiary/aromatic N) is 2. The van der Waals surface area contributed by atoms with Crippen LogP contribution in [0.2, 0.25) is 0 Å². The van der Waals surface area contributed by atoms with E-state index in [0.29, 0.717) is 12.7 Å². The Morgan fingerprint density at radius 2 is 1.47 bits per heavy atom. The van der Waals surface area contributed by atoms with E-state index in [1.54, 1.807) is 0 Å². The molecule has 1 aromatic carbocycles. The molecular formula is C26H38N2O2. The molecule has 0 spiro atoms. The predicted octanol–water partition coefficient (Wildman–Crippen LogP) is 6.77. The molecule has 3 rings (SSSR count). The van der Waals surface area contributed by atoms with Crippen LogP contribution in [0.3, 0.4) is 0 Å². The van der Waals surface area contributed by atoms with E-state index in [9.17, 15) is 0 Å². The third-order valence-electron chi connectivity index (χ3n) is 5.81. The predicted molar refractivity (Wildman–Crippen MR) is 123 cm³/mol. The number of epoxide rings is 1.